The molecule has 0 aliphatic carbocycles. The SMILES string of the molecule is CCC(CC)NC(=O)C(C)OC(=O)c1ccc(Br)c(N)c1. The van der Waals surface area contributed by atoms with E-state index in [9.17, 15) is 9.59 Å². The average molecular weight is 357 g/mol. The van der Waals surface area contributed by atoms with E-state index in [-0.39, 0.29) is 11.9 Å². The summed E-state index contributed by atoms with van der Waals surface area (Å²) in [6, 6.07) is 4.87. The van der Waals surface area contributed by atoms with E-state index in [4.69, 9.17) is 10.5 Å². The van der Waals surface area contributed by atoms with Crippen LogP contribution in [0.5, 0.6) is 0 Å². The zero-order chi connectivity index (χ0) is 16.0. The number of carbonyl (C=O) groups excluding carboxylic acids is 2. The van der Waals surface area contributed by atoms with E-state index in [0.717, 1.165) is 12.8 Å². The van der Waals surface area contributed by atoms with Crippen LogP contribution in [0.4, 0.5) is 5.69 Å². The molecule has 1 rings (SSSR count). The summed E-state index contributed by atoms with van der Waals surface area (Å²) in [5.74, 6) is -0.858. The Morgan fingerprint density at radius 3 is 2.48 bits per heavy atom. The third-order valence-electron chi connectivity index (χ3n) is 3.22. The van der Waals surface area contributed by atoms with Crippen LogP contribution in [0.3, 0.4) is 0 Å². The van der Waals surface area contributed by atoms with Gasteiger partial charge in [-0.2, -0.15) is 0 Å². The second-order valence-electron chi connectivity index (χ2n) is 4.81. The lowest BCUT2D eigenvalue weighted by atomic mass is 10.1. The van der Waals surface area contributed by atoms with Gasteiger partial charge in [0.1, 0.15) is 0 Å². The van der Waals surface area contributed by atoms with E-state index in [1.807, 2.05) is 13.8 Å². The number of ether oxygens (including phenoxy) is 1. The highest BCUT2D eigenvalue weighted by molar-refractivity contribution is 9.10. The molecule has 0 saturated carbocycles. The van der Waals surface area contributed by atoms with Gasteiger partial charge in [-0.15, -0.1) is 0 Å². The maximum atomic E-state index is 12.0. The average Bonchev–Trinajstić information content (AvgIpc) is 2.46. The molecule has 6 heteroatoms. The highest BCUT2D eigenvalue weighted by Crippen LogP contribution is 2.20. The van der Waals surface area contributed by atoms with Crippen LogP contribution >= 0.6 is 15.9 Å². The zero-order valence-corrected chi connectivity index (χ0v) is 14.1. The summed E-state index contributed by atoms with van der Waals surface area (Å²) in [6.07, 6.45) is 0.834. The van der Waals surface area contributed by atoms with Crippen LogP contribution in [0.1, 0.15) is 44.0 Å². The van der Waals surface area contributed by atoms with Crippen molar-refractivity contribution in [3.8, 4) is 0 Å². The number of anilines is 1. The van der Waals surface area contributed by atoms with Gasteiger partial charge in [-0.25, -0.2) is 4.79 Å². The molecule has 0 bridgehead atoms. The quantitative estimate of drug-likeness (QED) is 0.606. The first-order valence-corrected chi connectivity index (χ1v) is 7.74. The number of nitrogens with two attached hydrogens (primary N) is 1. The van der Waals surface area contributed by atoms with Gasteiger partial charge in [-0.3, -0.25) is 4.79 Å². The second-order valence-corrected chi connectivity index (χ2v) is 5.66. The van der Waals surface area contributed by atoms with Crippen LogP contribution in [0, 0.1) is 0 Å². The van der Waals surface area contributed by atoms with Crippen molar-refractivity contribution < 1.29 is 14.3 Å². The van der Waals surface area contributed by atoms with Crippen molar-refractivity contribution in [1.82, 2.24) is 5.32 Å². The Labute approximate surface area is 133 Å². The maximum absolute atomic E-state index is 12.0. The highest BCUT2D eigenvalue weighted by atomic mass is 79.9. The number of esters is 1. The standard InChI is InChI=1S/C15H21BrN2O3/c1-4-11(5-2)18-14(19)9(3)21-15(20)10-6-7-12(16)13(17)8-10/h6-9,11H,4-5,17H2,1-3H3,(H,18,19). The van der Waals surface area contributed by atoms with Crippen LogP contribution < -0.4 is 11.1 Å². The van der Waals surface area contributed by atoms with Crippen LogP contribution in [0.2, 0.25) is 0 Å². The van der Waals surface area contributed by atoms with Gasteiger partial charge >= 0.3 is 5.97 Å². The van der Waals surface area contributed by atoms with Crippen molar-refractivity contribution in [2.24, 2.45) is 0 Å². The summed E-state index contributed by atoms with van der Waals surface area (Å²) in [6.45, 7) is 5.54. The molecule has 1 aromatic rings. The van der Waals surface area contributed by atoms with Gasteiger partial charge in [0, 0.05) is 16.2 Å². The molecule has 0 heterocycles. The van der Waals surface area contributed by atoms with E-state index < -0.39 is 12.1 Å². The maximum Gasteiger partial charge on any atom is 0.338 e. The summed E-state index contributed by atoms with van der Waals surface area (Å²) in [5.41, 5.74) is 6.48. The fraction of sp³-hybridized carbons (Fsp3) is 0.467. The lowest BCUT2D eigenvalue weighted by Crippen LogP contribution is -2.41. The molecule has 1 amide bonds. The summed E-state index contributed by atoms with van der Waals surface area (Å²) in [5, 5.41) is 2.85. The van der Waals surface area contributed by atoms with Crippen molar-refractivity contribution in [3.05, 3.63) is 28.2 Å². The van der Waals surface area contributed by atoms with Gasteiger partial charge in [0.05, 0.1) is 5.56 Å². The van der Waals surface area contributed by atoms with Crippen molar-refractivity contribution in [3.63, 3.8) is 0 Å². The van der Waals surface area contributed by atoms with Crippen LogP contribution in [-0.4, -0.2) is 24.0 Å². The van der Waals surface area contributed by atoms with Gasteiger partial charge in [-0.1, -0.05) is 13.8 Å². The molecule has 1 unspecified atom stereocenters. The molecule has 0 aliphatic rings. The molecule has 21 heavy (non-hydrogen) atoms. The van der Waals surface area contributed by atoms with Gasteiger partial charge in [0.2, 0.25) is 0 Å². The molecule has 0 fully saturated rings. The molecule has 0 aromatic heterocycles. The predicted octanol–water partition coefficient (Wildman–Crippen LogP) is 2.88. The van der Waals surface area contributed by atoms with E-state index in [2.05, 4.69) is 21.2 Å². The summed E-state index contributed by atoms with van der Waals surface area (Å²) >= 11 is 3.25. The molecule has 0 saturated heterocycles. The largest absolute Gasteiger partial charge is 0.449 e. The molecule has 0 spiro atoms. The van der Waals surface area contributed by atoms with Crippen molar-refractivity contribution >= 4 is 33.5 Å². The normalized spacial score (nSPS) is 12.0. The number of rotatable bonds is 6. The molecule has 0 aliphatic heterocycles. The van der Waals surface area contributed by atoms with Gasteiger partial charge in [0.25, 0.3) is 5.91 Å². The Bertz CT molecular complexity index is 516. The number of halogens is 1. The second kappa shape index (κ2) is 8.02. The minimum absolute atomic E-state index is 0.0991. The minimum atomic E-state index is -0.844. The number of nitrogens with one attached hydrogen (secondary N) is 1. The molecular formula is C15H21BrN2O3. The van der Waals surface area contributed by atoms with E-state index >= 15 is 0 Å². The lowest BCUT2D eigenvalue weighted by Gasteiger charge is -2.18. The molecule has 1 atom stereocenters. The number of nitrogen functional groups attached to an aromatic ring is 1. The van der Waals surface area contributed by atoms with E-state index in [1.54, 1.807) is 19.1 Å². The first kappa shape index (κ1) is 17.5. The first-order valence-electron chi connectivity index (χ1n) is 6.95. The number of hydrogen-bond acceptors (Lipinski definition) is 4. The summed E-state index contributed by atoms with van der Waals surface area (Å²) < 4.78 is 5.87. The Morgan fingerprint density at radius 2 is 1.95 bits per heavy atom. The minimum Gasteiger partial charge on any atom is -0.449 e. The summed E-state index contributed by atoms with van der Waals surface area (Å²) in [7, 11) is 0. The smallest absolute Gasteiger partial charge is 0.338 e. The first-order chi connectivity index (χ1) is 9.88. The van der Waals surface area contributed by atoms with Crippen LogP contribution in [0.15, 0.2) is 22.7 Å². The lowest BCUT2D eigenvalue weighted by molar-refractivity contribution is -0.129. The predicted molar refractivity (Wildman–Crippen MR) is 85.9 cm³/mol. The van der Waals surface area contributed by atoms with Crippen molar-refractivity contribution in [1.29, 1.82) is 0 Å². The molecule has 116 valence electrons. The zero-order valence-electron chi connectivity index (χ0n) is 12.5. The monoisotopic (exact) mass is 356 g/mol. The Kier molecular flexibility index (Phi) is 6.68. The number of benzene rings is 1. The van der Waals surface area contributed by atoms with Crippen LogP contribution in [-0.2, 0) is 9.53 Å². The Hall–Kier alpha value is -1.56. The number of amides is 1. The van der Waals surface area contributed by atoms with E-state index in [1.165, 1.54) is 6.07 Å². The van der Waals surface area contributed by atoms with E-state index in [0.29, 0.717) is 15.7 Å². The molecule has 5 nitrogen and oxygen atoms in total. The Balaban J connectivity index is 2.64. The molecule has 3 N–H and O–H groups in total. The fourth-order valence-electron chi connectivity index (χ4n) is 1.76. The van der Waals surface area contributed by atoms with Gasteiger partial charge < -0.3 is 15.8 Å². The Morgan fingerprint density at radius 1 is 1.33 bits per heavy atom. The molecule has 0 radical (unpaired) electrons. The molecular weight excluding hydrogens is 336 g/mol. The summed E-state index contributed by atoms with van der Waals surface area (Å²) in [4.78, 5) is 23.9. The molecule has 1 aromatic carbocycles. The highest BCUT2D eigenvalue weighted by Gasteiger charge is 2.20. The third kappa shape index (κ3) is 5.04. The van der Waals surface area contributed by atoms with Crippen LogP contribution in [0.25, 0.3) is 0 Å². The number of carbonyl (C=O) groups is 2. The topological polar surface area (TPSA) is 81.4 Å². The van der Waals surface area contributed by atoms with Crippen molar-refractivity contribution in [2.45, 2.75) is 45.8 Å². The third-order valence-corrected chi connectivity index (χ3v) is 3.94. The van der Waals surface area contributed by atoms with Crippen molar-refractivity contribution in [2.75, 3.05) is 5.73 Å². The fourth-order valence-corrected chi connectivity index (χ4v) is 2.01. The van der Waals surface area contributed by atoms with Gasteiger partial charge in [-0.05, 0) is 53.9 Å². The van der Waals surface area contributed by atoms with Gasteiger partial charge in [0.15, 0.2) is 6.10 Å². The number of hydrogen-bond donors (Lipinski definition) is 2.